The Balaban J connectivity index is 1.64. The molecule has 0 fully saturated rings. The van der Waals surface area contributed by atoms with Crippen molar-refractivity contribution < 1.29 is 0 Å². The van der Waals surface area contributed by atoms with E-state index in [0.29, 0.717) is 15.8 Å². The van der Waals surface area contributed by atoms with E-state index in [1.807, 2.05) is 30.5 Å². The van der Waals surface area contributed by atoms with Crippen molar-refractivity contribution in [1.82, 2.24) is 0 Å². The first-order valence-electron chi connectivity index (χ1n) is 11.7. The molecule has 0 saturated heterocycles. The minimum absolute atomic E-state index is 0.0101. The number of benzene rings is 2. The summed E-state index contributed by atoms with van der Waals surface area (Å²) in [5.74, 6) is 0. The van der Waals surface area contributed by atoms with E-state index < -0.39 is 0 Å². The van der Waals surface area contributed by atoms with E-state index in [4.69, 9.17) is 0 Å². The standard InChI is InChI=1S/C29H30N4O/c1-28(2)20-11-7-9-13-22(20)32(5)24(28)15-18-26(31-17-30)19(27(18)34)16-25-29(3,4)21-12-8-10-14-23(21)33(25)6/h7-16,24-25H,1-6H3. The van der Waals surface area contributed by atoms with Crippen LogP contribution in [0.3, 0.4) is 0 Å². The molecular weight excluding hydrogens is 420 g/mol. The number of para-hydroxylation sites is 2. The molecule has 2 aliphatic rings. The lowest BCUT2D eigenvalue weighted by Crippen LogP contribution is -2.67. The van der Waals surface area contributed by atoms with E-state index in [1.165, 1.54) is 22.5 Å². The summed E-state index contributed by atoms with van der Waals surface area (Å²) in [6.07, 6.45) is 5.94. The molecule has 0 spiro atoms. The Labute approximate surface area is 200 Å². The van der Waals surface area contributed by atoms with Crippen LogP contribution in [0.5, 0.6) is 0 Å². The van der Waals surface area contributed by atoms with Gasteiger partial charge >= 0.3 is 0 Å². The van der Waals surface area contributed by atoms with Crippen LogP contribution >= 0.6 is 0 Å². The van der Waals surface area contributed by atoms with Crippen LogP contribution in [0.1, 0.15) is 38.8 Å². The minimum atomic E-state index is -0.175. The maximum Gasteiger partial charge on any atom is 0.206 e. The van der Waals surface area contributed by atoms with Crippen molar-refractivity contribution in [3.8, 4) is 6.19 Å². The number of rotatable bonds is 2. The Morgan fingerprint density at radius 3 is 1.62 bits per heavy atom. The van der Waals surface area contributed by atoms with Gasteiger partial charge in [0.25, 0.3) is 0 Å². The Hall–Kier alpha value is -3.65. The maximum atomic E-state index is 13.4. The van der Waals surface area contributed by atoms with Gasteiger partial charge in [0.2, 0.25) is 6.19 Å². The number of anilines is 2. The Kier molecular flexibility index (Phi) is 4.84. The first-order valence-corrected chi connectivity index (χ1v) is 11.7. The lowest BCUT2D eigenvalue weighted by molar-refractivity contribution is 0.502. The second-order valence-electron chi connectivity index (χ2n) is 10.6. The summed E-state index contributed by atoms with van der Waals surface area (Å²) in [6.45, 7) is 8.80. The molecule has 2 heterocycles. The predicted molar refractivity (Wildman–Crippen MR) is 138 cm³/mol. The predicted octanol–water partition coefficient (Wildman–Crippen LogP) is 2.46. The van der Waals surface area contributed by atoms with Gasteiger partial charge < -0.3 is 9.80 Å². The lowest BCUT2D eigenvalue weighted by atomic mass is 9.79. The molecule has 0 N–H and O–H groups in total. The summed E-state index contributed by atoms with van der Waals surface area (Å²) >= 11 is 0. The van der Waals surface area contributed by atoms with Crippen LogP contribution in [-0.4, -0.2) is 26.2 Å². The molecule has 5 nitrogen and oxygen atoms in total. The number of hydrogen-bond donors (Lipinski definition) is 0. The fourth-order valence-electron chi connectivity index (χ4n) is 6.12. The van der Waals surface area contributed by atoms with Gasteiger partial charge in [0.15, 0.2) is 5.43 Å². The highest BCUT2D eigenvalue weighted by molar-refractivity contribution is 5.70. The SMILES string of the molecule is CN1c2ccccc2C(C)(C)C1C=c1c(=O)c(=CC2N(C)c3ccccc3C2(C)C)c1=NC#N. The van der Waals surface area contributed by atoms with Crippen LogP contribution in [0.25, 0.3) is 12.2 Å². The van der Waals surface area contributed by atoms with Crippen molar-refractivity contribution >= 4 is 23.5 Å². The third-order valence-corrected chi connectivity index (χ3v) is 8.08. The van der Waals surface area contributed by atoms with Gasteiger partial charge in [-0.25, -0.2) is 0 Å². The zero-order valence-corrected chi connectivity index (χ0v) is 20.6. The molecule has 5 rings (SSSR count). The van der Waals surface area contributed by atoms with E-state index in [0.717, 1.165) is 0 Å². The van der Waals surface area contributed by atoms with Crippen molar-refractivity contribution in [2.24, 2.45) is 4.99 Å². The number of nitriles is 1. The molecule has 2 atom stereocenters. The van der Waals surface area contributed by atoms with Gasteiger partial charge in [0.05, 0.1) is 17.4 Å². The van der Waals surface area contributed by atoms with Crippen molar-refractivity contribution in [3.05, 3.63) is 85.7 Å². The third-order valence-electron chi connectivity index (χ3n) is 8.08. The van der Waals surface area contributed by atoms with Gasteiger partial charge in [-0.3, -0.25) is 4.79 Å². The minimum Gasteiger partial charge on any atom is -0.367 e. The van der Waals surface area contributed by atoms with Crippen LogP contribution in [-0.2, 0) is 10.8 Å². The summed E-state index contributed by atoms with van der Waals surface area (Å²) in [6, 6.07) is 16.7. The van der Waals surface area contributed by atoms with Gasteiger partial charge in [0, 0.05) is 46.7 Å². The summed E-state index contributed by atoms with van der Waals surface area (Å²) in [5.41, 5.74) is 4.47. The second kappa shape index (κ2) is 7.43. The quantitative estimate of drug-likeness (QED) is 0.563. The van der Waals surface area contributed by atoms with Gasteiger partial charge in [-0.05, 0) is 35.4 Å². The van der Waals surface area contributed by atoms with Crippen molar-refractivity contribution in [3.63, 3.8) is 0 Å². The maximum absolute atomic E-state index is 13.4. The highest BCUT2D eigenvalue weighted by atomic mass is 16.1. The van der Waals surface area contributed by atoms with E-state index in [2.05, 4.69) is 93.0 Å². The number of likely N-dealkylation sites (N-methyl/N-ethyl adjacent to an activating group) is 2. The second-order valence-corrected chi connectivity index (χ2v) is 10.6. The summed E-state index contributed by atoms with van der Waals surface area (Å²) < 4.78 is 0. The molecule has 0 aromatic heterocycles. The van der Waals surface area contributed by atoms with Crippen molar-refractivity contribution in [1.29, 1.82) is 5.26 Å². The average Bonchev–Trinajstić information content (AvgIpc) is 3.13. The Morgan fingerprint density at radius 1 is 0.824 bits per heavy atom. The van der Waals surface area contributed by atoms with Crippen LogP contribution in [0.2, 0.25) is 0 Å². The molecule has 0 bridgehead atoms. The molecule has 3 aromatic carbocycles. The summed E-state index contributed by atoms with van der Waals surface area (Å²) in [7, 11) is 4.12. The zero-order chi connectivity index (χ0) is 24.4. The van der Waals surface area contributed by atoms with Crippen molar-refractivity contribution in [2.75, 3.05) is 23.9 Å². The molecule has 0 aliphatic carbocycles. The van der Waals surface area contributed by atoms with Gasteiger partial charge in [-0.2, -0.15) is 10.3 Å². The van der Waals surface area contributed by atoms with E-state index >= 15 is 0 Å². The fourth-order valence-corrected chi connectivity index (χ4v) is 6.12. The number of nitrogens with zero attached hydrogens (tertiary/aromatic N) is 4. The van der Waals surface area contributed by atoms with Gasteiger partial charge in [0.1, 0.15) is 0 Å². The van der Waals surface area contributed by atoms with Crippen LogP contribution in [0, 0.1) is 11.5 Å². The van der Waals surface area contributed by atoms with Gasteiger partial charge in [-0.1, -0.05) is 64.1 Å². The van der Waals surface area contributed by atoms with Crippen LogP contribution in [0.4, 0.5) is 11.4 Å². The molecular formula is C29H30N4O. The van der Waals surface area contributed by atoms with Crippen molar-refractivity contribution in [2.45, 2.75) is 50.6 Å². The average molecular weight is 451 g/mol. The molecule has 34 heavy (non-hydrogen) atoms. The first kappa shape index (κ1) is 22.2. The summed E-state index contributed by atoms with van der Waals surface area (Å²) in [5, 5.41) is 11.0. The molecule has 172 valence electrons. The monoisotopic (exact) mass is 450 g/mol. The van der Waals surface area contributed by atoms with Crippen LogP contribution < -0.4 is 31.0 Å². The number of hydrogen-bond acceptors (Lipinski definition) is 5. The van der Waals surface area contributed by atoms with Crippen LogP contribution in [0.15, 0.2) is 58.3 Å². The number of fused-ring (bicyclic) bond motifs is 2. The fraction of sp³-hybridized carbons (Fsp3) is 0.345. The summed E-state index contributed by atoms with van der Waals surface area (Å²) in [4.78, 5) is 22.0. The molecule has 3 aromatic rings. The molecule has 2 unspecified atom stereocenters. The molecule has 0 amide bonds. The molecule has 0 saturated carbocycles. The van der Waals surface area contributed by atoms with Gasteiger partial charge in [-0.15, -0.1) is 0 Å². The lowest BCUT2D eigenvalue weighted by Gasteiger charge is -2.30. The molecule has 5 heteroatoms. The molecule has 2 aliphatic heterocycles. The largest absolute Gasteiger partial charge is 0.367 e. The topological polar surface area (TPSA) is 59.7 Å². The normalized spacial score (nSPS) is 23.2. The third kappa shape index (κ3) is 2.91. The first-order chi connectivity index (χ1) is 16.1. The Morgan fingerprint density at radius 2 is 1.24 bits per heavy atom. The van der Waals surface area contributed by atoms with E-state index in [-0.39, 0.29) is 28.3 Å². The zero-order valence-electron chi connectivity index (χ0n) is 20.6. The highest BCUT2D eigenvalue weighted by Crippen LogP contribution is 2.45. The van der Waals surface area contributed by atoms with E-state index in [9.17, 15) is 10.1 Å². The van der Waals surface area contributed by atoms with E-state index in [1.54, 1.807) is 0 Å². The molecule has 0 radical (unpaired) electrons. The Bertz CT molecular complexity index is 1440. The smallest absolute Gasteiger partial charge is 0.206 e. The highest BCUT2D eigenvalue weighted by Gasteiger charge is 2.43.